The van der Waals surface area contributed by atoms with E-state index < -0.39 is 12.6 Å². The lowest BCUT2D eigenvalue weighted by Crippen LogP contribution is -2.12. The van der Waals surface area contributed by atoms with Crippen molar-refractivity contribution in [3.8, 4) is 0 Å². The maximum absolute atomic E-state index is 11.7. The Morgan fingerprint density at radius 2 is 1.92 bits per heavy atom. The summed E-state index contributed by atoms with van der Waals surface area (Å²) in [6, 6.07) is 0. The zero-order chi connectivity index (χ0) is 10.5. The van der Waals surface area contributed by atoms with Crippen molar-refractivity contribution in [1.29, 1.82) is 0 Å². The lowest BCUT2D eigenvalue weighted by Gasteiger charge is -2.06. The zero-order valence-corrected chi connectivity index (χ0v) is 8.47. The van der Waals surface area contributed by atoms with Gasteiger partial charge in [0.1, 0.15) is 5.78 Å². The Kier molecular flexibility index (Phi) is 5.44. The predicted molar refractivity (Wildman–Crippen MR) is 47.9 cm³/mol. The molecule has 0 spiro atoms. The van der Waals surface area contributed by atoms with Gasteiger partial charge in [0.05, 0.1) is 12.2 Å². The molecule has 0 aliphatic heterocycles. The van der Waals surface area contributed by atoms with Gasteiger partial charge in [-0.3, -0.25) is 4.79 Å². The van der Waals surface area contributed by atoms with Crippen LogP contribution in [0.15, 0.2) is 0 Å². The number of carbonyl (C=O) groups is 1. The first-order chi connectivity index (χ1) is 5.81. The molecule has 0 saturated carbocycles. The molecule has 0 aromatic heterocycles. The average Bonchev–Trinajstić information content (AvgIpc) is 1.95. The lowest BCUT2D eigenvalue weighted by atomic mass is 10.2. The molecule has 0 radical (unpaired) electrons. The van der Waals surface area contributed by atoms with E-state index in [-0.39, 0.29) is 23.2 Å². The quantitative estimate of drug-likeness (QED) is 0.699. The fourth-order valence-electron chi connectivity index (χ4n) is 0.613. The van der Waals surface area contributed by atoms with Gasteiger partial charge in [0.2, 0.25) is 0 Å². The molecule has 0 aromatic rings. The minimum absolute atomic E-state index is 0.188. The van der Waals surface area contributed by atoms with E-state index in [0.717, 1.165) is 0 Å². The number of thioether (sulfide) groups is 1. The molecule has 1 nitrogen and oxygen atoms in total. The molecule has 0 aliphatic carbocycles. The Balaban J connectivity index is 3.53. The second-order valence-corrected chi connectivity index (χ2v) is 4.58. The zero-order valence-electron chi connectivity index (χ0n) is 7.65. The molecule has 0 amide bonds. The number of rotatable bonds is 5. The minimum Gasteiger partial charge on any atom is -0.299 e. The highest BCUT2D eigenvalue weighted by Gasteiger charge is 2.27. The minimum atomic E-state index is -4.21. The van der Waals surface area contributed by atoms with Gasteiger partial charge in [-0.15, -0.1) is 0 Å². The van der Waals surface area contributed by atoms with Crippen molar-refractivity contribution in [1.82, 2.24) is 0 Å². The van der Waals surface area contributed by atoms with Gasteiger partial charge in [-0.05, 0) is 5.25 Å². The van der Waals surface area contributed by atoms with E-state index in [1.807, 2.05) is 13.8 Å². The van der Waals surface area contributed by atoms with Gasteiger partial charge in [-0.2, -0.15) is 24.9 Å². The van der Waals surface area contributed by atoms with Crippen LogP contribution in [0.4, 0.5) is 13.2 Å². The molecule has 5 heteroatoms. The summed E-state index contributed by atoms with van der Waals surface area (Å²) in [6.45, 7) is 3.81. The first-order valence-electron chi connectivity index (χ1n) is 4.01. The van der Waals surface area contributed by atoms with E-state index in [0.29, 0.717) is 0 Å². The van der Waals surface area contributed by atoms with Gasteiger partial charge in [0.15, 0.2) is 0 Å². The Labute approximate surface area is 80.1 Å². The summed E-state index contributed by atoms with van der Waals surface area (Å²) >= 11 is 1.37. The number of alkyl halides is 3. The summed E-state index contributed by atoms with van der Waals surface area (Å²) in [6.07, 6.45) is -5.59. The van der Waals surface area contributed by atoms with E-state index in [2.05, 4.69) is 0 Å². The number of hydrogen-bond donors (Lipinski definition) is 0. The molecule has 0 unspecified atom stereocenters. The average molecular weight is 214 g/mol. The molecule has 0 heterocycles. The number of carbonyl (C=O) groups excluding carboxylic acids is 1. The number of Topliss-reactive ketones (excluding diaryl/α,β-unsaturated/α-hetero) is 1. The van der Waals surface area contributed by atoms with Crippen molar-refractivity contribution in [2.24, 2.45) is 0 Å². The highest BCUT2D eigenvalue weighted by molar-refractivity contribution is 8.00. The molecule has 78 valence electrons. The Bertz CT molecular complexity index is 165. The molecule has 0 aromatic carbocycles. The fourth-order valence-corrected chi connectivity index (χ4v) is 1.28. The highest BCUT2D eigenvalue weighted by Crippen LogP contribution is 2.22. The summed E-state index contributed by atoms with van der Waals surface area (Å²) in [5.41, 5.74) is 0. The monoisotopic (exact) mass is 214 g/mol. The van der Waals surface area contributed by atoms with E-state index in [1.165, 1.54) is 11.8 Å². The molecule has 0 bridgehead atoms. The van der Waals surface area contributed by atoms with Crippen molar-refractivity contribution in [2.75, 3.05) is 5.75 Å². The van der Waals surface area contributed by atoms with Gasteiger partial charge in [-0.1, -0.05) is 13.8 Å². The lowest BCUT2D eigenvalue weighted by molar-refractivity contribution is -0.142. The Morgan fingerprint density at radius 3 is 2.31 bits per heavy atom. The van der Waals surface area contributed by atoms with Crippen LogP contribution in [0.5, 0.6) is 0 Å². The molecule has 0 rings (SSSR count). The number of halogens is 3. The van der Waals surface area contributed by atoms with E-state index in [9.17, 15) is 18.0 Å². The van der Waals surface area contributed by atoms with Crippen molar-refractivity contribution in [3.05, 3.63) is 0 Å². The van der Waals surface area contributed by atoms with Crippen LogP contribution in [0.25, 0.3) is 0 Å². The van der Waals surface area contributed by atoms with Crippen LogP contribution >= 0.6 is 11.8 Å². The first-order valence-corrected chi connectivity index (χ1v) is 5.06. The molecule has 13 heavy (non-hydrogen) atoms. The van der Waals surface area contributed by atoms with E-state index in [4.69, 9.17) is 0 Å². The largest absolute Gasteiger partial charge is 0.389 e. The van der Waals surface area contributed by atoms with Crippen molar-refractivity contribution in [3.63, 3.8) is 0 Å². The molecule has 0 aliphatic rings. The molecule has 0 N–H and O–H groups in total. The Morgan fingerprint density at radius 1 is 1.38 bits per heavy atom. The van der Waals surface area contributed by atoms with Crippen LogP contribution in [0.3, 0.4) is 0 Å². The summed E-state index contributed by atoms with van der Waals surface area (Å²) < 4.78 is 35.0. The van der Waals surface area contributed by atoms with Crippen LogP contribution in [0.1, 0.15) is 26.7 Å². The SMILES string of the molecule is CC(C)SCC(=O)CCC(F)(F)F. The molecular weight excluding hydrogens is 201 g/mol. The van der Waals surface area contributed by atoms with Crippen LogP contribution in [-0.2, 0) is 4.79 Å². The fraction of sp³-hybridized carbons (Fsp3) is 0.875. The third-order valence-electron chi connectivity index (χ3n) is 1.26. The normalized spacial score (nSPS) is 12.2. The van der Waals surface area contributed by atoms with Crippen molar-refractivity contribution in [2.45, 2.75) is 38.1 Å². The van der Waals surface area contributed by atoms with E-state index in [1.54, 1.807) is 0 Å². The van der Waals surface area contributed by atoms with Gasteiger partial charge < -0.3 is 0 Å². The summed E-state index contributed by atoms with van der Waals surface area (Å²) in [5.74, 6) is -0.135. The van der Waals surface area contributed by atoms with Crippen molar-refractivity contribution >= 4 is 17.5 Å². The molecule has 0 fully saturated rings. The maximum Gasteiger partial charge on any atom is 0.389 e. The summed E-state index contributed by atoms with van der Waals surface area (Å²) in [7, 11) is 0. The van der Waals surface area contributed by atoms with E-state index >= 15 is 0 Å². The maximum atomic E-state index is 11.7. The van der Waals surface area contributed by atoms with Crippen LogP contribution in [0, 0.1) is 0 Å². The van der Waals surface area contributed by atoms with Gasteiger partial charge in [-0.25, -0.2) is 0 Å². The summed E-state index contributed by atoms with van der Waals surface area (Å²) in [5, 5.41) is 0.287. The van der Waals surface area contributed by atoms with Crippen LogP contribution in [0.2, 0.25) is 0 Å². The number of ketones is 1. The third-order valence-corrected chi connectivity index (χ3v) is 2.42. The standard InChI is InChI=1S/C8H13F3OS/c1-6(2)13-5-7(12)3-4-8(9,10)11/h6H,3-5H2,1-2H3. The van der Waals surface area contributed by atoms with Crippen LogP contribution < -0.4 is 0 Å². The van der Waals surface area contributed by atoms with Crippen molar-refractivity contribution < 1.29 is 18.0 Å². The molecule has 0 atom stereocenters. The smallest absolute Gasteiger partial charge is 0.299 e. The Hall–Kier alpha value is -0.190. The predicted octanol–water partition coefficient (Wildman–Crippen LogP) is 3.04. The number of hydrogen-bond acceptors (Lipinski definition) is 2. The highest BCUT2D eigenvalue weighted by atomic mass is 32.2. The second kappa shape index (κ2) is 5.52. The topological polar surface area (TPSA) is 17.1 Å². The van der Waals surface area contributed by atoms with Gasteiger partial charge >= 0.3 is 6.18 Å². The summed E-state index contributed by atoms with van der Waals surface area (Å²) in [4.78, 5) is 10.9. The second-order valence-electron chi connectivity index (χ2n) is 3.01. The van der Waals surface area contributed by atoms with Gasteiger partial charge in [0, 0.05) is 6.42 Å². The van der Waals surface area contributed by atoms with Gasteiger partial charge in [0.25, 0.3) is 0 Å². The molecular formula is C8H13F3OS. The molecule has 0 saturated heterocycles. The van der Waals surface area contributed by atoms with Crippen LogP contribution in [-0.4, -0.2) is 23.0 Å². The first kappa shape index (κ1) is 12.8. The third kappa shape index (κ3) is 9.73.